The fraction of sp³-hybridized carbons (Fsp3) is 0.294. The summed E-state index contributed by atoms with van der Waals surface area (Å²) in [5.41, 5.74) is 2.14. The number of hydrogen-bond acceptors (Lipinski definition) is 6. The topological polar surface area (TPSA) is 54.5 Å². The Kier molecular flexibility index (Phi) is 4.22. The van der Waals surface area contributed by atoms with Gasteiger partial charge in [0.05, 0.1) is 18.4 Å². The van der Waals surface area contributed by atoms with Crippen LogP contribution in [0.5, 0.6) is 5.75 Å². The fourth-order valence-corrected chi connectivity index (χ4v) is 4.73. The minimum atomic E-state index is -0.0216. The first-order valence-corrected chi connectivity index (χ1v) is 9.43. The van der Waals surface area contributed by atoms with Crippen LogP contribution >= 0.6 is 22.7 Å². The van der Waals surface area contributed by atoms with Crippen LogP contribution in [0.2, 0.25) is 0 Å². The number of thiophene rings is 1. The summed E-state index contributed by atoms with van der Waals surface area (Å²) in [4.78, 5) is 20.5. The maximum Gasteiger partial charge on any atom is 0.240 e. The zero-order chi connectivity index (χ0) is 16.5. The Balaban J connectivity index is 1.43. The minimum Gasteiger partial charge on any atom is -0.494 e. The number of fused-ring (bicyclic) bond motifs is 2. The molecular weight excluding hydrogens is 342 g/mol. The number of nitrogens with zero attached hydrogens (tertiary/aromatic N) is 2. The van der Waals surface area contributed by atoms with Gasteiger partial charge in [-0.3, -0.25) is 9.69 Å². The van der Waals surface area contributed by atoms with Gasteiger partial charge in [0.1, 0.15) is 11.3 Å². The Labute approximate surface area is 147 Å². The summed E-state index contributed by atoms with van der Waals surface area (Å²) in [6.07, 6.45) is 1.03. The molecule has 3 aromatic rings. The monoisotopic (exact) mass is 359 g/mol. The maximum absolute atomic E-state index is 12.3. The second-order valence-corrected chi connectivity index (χ2v) is 7.74. The Morgan fingerprint density at radius 1 is 1.42 bits per heavy atom. The first-order valence-electron chi connectivity index (χ1n) is 7.74. The average molecular weight is 359 g/mol. The number of amides is 1. The second kappa shape index (κ2) is 6.51. The van der Waals surface area contributed by atoms with Gasteiger partial charge >= 0.3 is 0 Å². The summed E-state index contributed by atoms with van der Waals surface area (Å²) in [7, 11) is 1.63. The molecule has 0 aliphatic carbocycles. The number of carbonyl (C=O) groups is 1. The number of para-hydroxylation sites is 1. The Morgan fingerprint density at radius 2 is 2.33 bits per heavy atom. The highest BCUT2D eigenvalue weighted by Gasteiger charge is 2.20. The van der Waals surface area contributed by atoms with Crippen LogP contribution in [0.4, 0.5) is 5.13 Å². The molecule has 3 heterocycles. The van der Waals surface area contributed by atoms with Crippen LogP contribution in [0.25, 0.3) is 10.2 Å². The first-order chi connectivity index (χ1) is 11.7. The van der Waals surface area contributed by atoms with E-state index in [1.165, 1.54) is 21.8 Å². The van der Waals surface area contributed by atoms with E-state index in [0.29, 0.717) is 11.7 Å². The smallest absolute Gasteiger partial charge is 0.240 e. The van der Waals surface area contributed by atoms with Gasteiger partial charge in [-0.15, -0.1) is 11.3 Å². The molecule has 1 aliphatic heterocycles. The summed E-state index contributed by atoms with van der Waals surface area (Å²) in [5, 5.41) is 5.67. The van der Waals surface area contributed by atoms with E-state index in [-0.39, 0.29) is 5.91 Å². The molecule has 0 radical (unpaired) electrons. The molecule has 7 heteroatoms. The van der Waals surface area contributed by atoms with Crippen molar-refractivity contribution in [2.24, 2.45) is 0 Å². The zero-order valence-corrected chi connectivity index (χ0v) is 14.9. The normalized spacial score (nSPS) is 14.5. The van der Waals surface area contributed by atoms with Crippen molar-refractivity contribution in [1.82, 2.24) is 9.88 Å². The molecule has 0 atom stereocenters. The summed E-state index contributed by atoms with van der Waals surface area (Å²) >= 11 is 3.27. The number of hydrogen-bond donors (Lipinski definition) is 1. The van der Waals surface area contributed by atoms with Crippen molar-refractivity contribution in [3.05, 3.63) is 40.1 Å². The molecule has 2 aromatic heterocycles. The van der Waals surface area contributed by atoms with E-state index in [0.717, 1.165) is 35.5 Å². The number of benzene rings is 1. The van der Waals surface area contributed by atoms with Crippen molar-refractivity contribution in [3.8, 4) is 5.75 Å². The van der Waals surface area contributed by atoms with E-state index in [1.54, 1.807) is 7.11 Å². The molecule has 0 bridgehead atoms. The van der Waals surface area contributed by atoms with Gasteiger partial charge in [-0.25, -0.2) is 4.98 Å². The van der Waals surface area contributed by atoms with Crippen LogP contribution in [0, 0.1) is 0 Å². The Morgan fingerprint density at radius 3 is 3.21 bits per heavy atom. The molecule has 5 nitrogen and oxygen atoms in total. The van der Waals surface area contributed by atoms with E-state index >= 15 is 0 Å². The molecule has 0 unspecified atom stereocenters. The van der Waals surface area contributed by atoms with Crippen molar-refractivity contribution in [3.63, 3.8) is 0 Å². The third-order valence-electron chi connectivity index (χ3n) is 4.10. The number of carbonyl (C=O) groups excluding carboxylic acids is 1. The largest absolute Gasteiger partial charge is 0.494 e. The summed E-state index contributed by atoms with van der Waals surface area (Å²) in [6, 6.07) is 7.94. The van der Waals surface area contributed by atoms with Crippen molar-refractivity contribution < 1.29 is 9.53 Å². The number of thiazole rings is 1. The van der Waals surface area contributed by atoms with Gasteiger partial charge in [-0.2, -0.15) is 0 Å². The van der Waals surface area contributed by atoms with Gasteiger partial charge in [0.25, 0.3) is 0 Å². The highest BCUT2D eigenvalue weighted by molar-refractivity contribution is 7.22. The molecule has 0 saturated carbocycles. The number of nitrogens with one attached hydrogen (secondary N) is 1. The zero-order valence-electron chi connectivity index (χ0n) is 13.2. The molecule has 1 aliphatic rings. The van der Waals surface area contributed by atoms with Crippen LogP contribution in [0.3, 0.4) is 0 Å². The predicted molar refractivity (Wildman–Crippen MR) is 98.1 cm³/mol. The maximum atomic E-state index is 12.3. The second-order valence-electron chi connectivity index (χ2n) is 5.70. The van der Waals surface area contributed by atoms with Crippen LogP contribution < -0.4 is 10.1 Å². The molecular formula is C17H17N3O2S2. The van der Waals surface area contributed by atoms with Crippen LogP contribution in [-0.4, -0.2) is 36.0 Å². The third kappa shape index (κ3) is 3.02. The first kappa shape index (κ1) is 15.6. The molecule has 0 saturated heterocycles. The highest BCUT2D eigenvalue weighted by Crippen LogP contribution is 2.32. The van der Waals surface area contributed by atoms with Gasteiger partial charge < -0.3 is 10.1 Å². The van der Waals surface area contributed by atoms with Gasteiger partial charge in [-0.05, 0) is 35.6 Å². The van der Waals surface area contributed by atoms with Gasteiger partial charge in [-0.1, -0.05) is 17.4 Å². The van der Waals surface area contributed by atoms with E-state index in [1.807, 2.05) is 29.5 Å². The van der Waals surface area contributed by atoms with Crippen molar-refractivity contribution in [1.29, 1.82) is 0 Å². The van der Waals surface area contributed by atoms with E-state index in [9.17, 15) is 4.79 Å². The number of rotatable bonds is 4. The van der Waals surface area contributed by atoms with Gasteiger partial charge in [0.2, 0.25) is 5.91 Å². The number of anilines is 1. The average Bonchev–Trinajstić information content (AvgIpc) is 3.19. The molecule has 4 rings (SSSR count). The van der Waals surface area contributed by atoms with Gasteiger partial charge in [0.15, 0.2) is 5.13 Å². The highest BCUT2D eigenvalue weighted by atomic mass is 32.1. The summed E-state index contributed by atoms with van der Waals surface area (Å²) in [5.74, 6) is 0.706. The SMILES string of the molecule is COc1cccc2sc(NC(=O)CN3CCc4sccc4C3)nc12. The van der Waals surface area contributed by atoms with E-state index in [2.05, 4.69) is 26.6 Å². The van der Waals surface area contributed by atoms with Crippen molar-refractivity contribution in [2.45, 2.75) is 13.0 Å². The third-order valence-corrected chi connectivity index (χ3v) is 6.06. The standard InChI is InChI=1S/C17H17N3O2S2/c1-22-12-3-2-4-14-16(12)19-17(24-14)18-15(21)10-20-7-5-13-11(9-20)6-8-23-13/h2-4,6,8H,5,7,9-10H2,1H3,(H,18,19,21). The quantitative estimate of drug-likeness (QED) is 0.776. The van der Waals surface area contributed by atoms with Crippen molar-refractivity contribution >= 4 is 43.9 Å². The Bertz CT molecular complexity index is 887. The Hall–Kier alpha value is -1.96. The molecule has 0 spiro atoms. The number of ether oxygens (including phenoxy) is 1. The molecule has 1 aromatic carbocycles. The number of aromatic nitrogens is 1. The van der Waals surface area contributed by atoms with Gasteiger partial charge in [0, 0.05) is 18.0 Å². The van der Waals surface area contributed by atoms with Crippen molar-refractivity contribution in [2.75, 3.05) is 25.5 Å². The van der Waals surface area contributed by atoms with E-state index < -0.39 is 0 Å². The predicted octanol–water partition coefficient (Wildman–Crippen LogP) is 3.36. The minimum absolute atomic E-state index is 0.0216. The fourth-order valence-electron chi connectivity index (χ4n) is 2.95. The lowest BCUT2D eigenvalue weighted by Gasteiger charge is -2.25. The lowest BCUT2D eigenvalue weighted by Crippen LogP contribution is -2.36. The van der Waals surface area contributed by atoms with Crippen LogP contribution in [-0.2, 0) is 17.8 Å². The molecule has 124 valence electrons. The summed E-state index contributed by atoms with van der Waals surface area (Å²) < 4.78 is 6.32. The van der Waals surface area contributed by atoms with Crippen LogP contribution in [0.15, 0.2) is 29.6 Å². The summed E-state index contributed by atoms with van der Waals surface area (Å²) in [6.45, 7) is 2.16. The number of methoxy groups -OCH3 is 1. The lowest BCUT2D eigenvalue weighted by molar-refractivity contribution is -0.117. The molecule has 0 fully saturated rings. The molecule has 1 amide bonds. The molecule has 24 heavy (non-hydrogen) atoms. The van der Waals surface area contributed by atoms with E-state index in [4.69, 9.17) is 4.74 Å². The molecule has 1 N–H and O–H groups in total. The van der Waals surface area contributed by atoms with Crippen LogP contribution in [0.1, 0.15) is 10.4 Å². The lowest BCUT2D eigenvalue weighted by atomic mass is 10.1.